The standard InChI is InChI=1S/C17H15FN2O2S/c18-15-9-13(16-4-2-8-23-16)5-6-14(15)17(21)22-7-1-3-12-10-19-20-11-12/h2,4-6,8-11H,1,3,7H2,(H,19,20). The summed E-state index contributed by atoms with van der Waals surface area (Å²) in [4.78, 5) is 12.9. The first kappa shape index (κ1) is 15.4. The second-order valence-electron chi connectivity index (χ2n) is 5.02. The molecular weight excluding hydrogens is 315 g/mol. The third-order valence-corrected chi connectivity index (χ3v) is 4.31. The van der Waals surface area contributed by atoms with Crippen LogP contribution in [0.25, 0.3) is 10.4 Å². The van der Waals surface area contributed by atoms with Gasteiger partial charge in [-0.2, -0.15) is 5.10 Å². The topological polar surface area (TPSA) is 55.0 Å². The third kappa shape index (κ3) is 3.84. The van der Waals surface area contributed by atoms with Crippen LogP contribution in [-0.2, 0) is 11.2 Å². The molecule has 0 saturated carbocycles. The number of ether oxygens (including phenoxy) is 1. The summed E-state index contributed by atoms with van der Waals surface area (Å²) in [7, 11) is 0. The summed E-state index contributed by atoms with van der Waals surface area (Å²) in [6.45, 7) is 0.246. The van der Waals surface area contributed by atoms with Gasteiger partial charge in [-0.1, -0.05) is 12.1 Å². The predicted octanol–water partition coefficient (Wildman–Crippen LogP) is 4.07. The summed E-state index contributed by atoms with van der Waals surface area (Å²) in [5, 5.41) is 8.49. The van der Waals surface area contributed by atoms with Gasteiger partial charge in [0.2, 0.25) is 0 Å². The van der Waals surface area contributed by atoms with E-state index in [1.807, 2.05) is 17.5 Å². The summed E-state index contributed by atoms with van der Waals surface area (Å²) in [6.07, 6.45) is 4.94. The van der Waals surface area contributed by atoms with Crippen LogP contribution in [0.4, 0.5) is 4.39 Å². The van der Waals surface area contributed by atoms with Crippen molar-refractivity contribution >= 4 is 17.3 Å². The highest BCUT2D eigenvalue weighted by molar-refractivity contribution is 7.13. The molecule has 0 bridgehead atoms. The van der Waals surface area contributed by atoms with E-state index >= 15 is 0 Å². The van der Waals surface area contributed by atoms with Gasteiger partial charge in [0.15, 0.2) is 0 Å². The average Bonchev–Trinajstić information content (AvgIpc) is 3.24. The predicted molar refractivity (Wildman–Crippen MR) is 86.9 cm³/mol. The molecule has 0 aliphatic carbocycles. The van der Waals surface area contributed by atoms with Gasteiger partial charge in [0.1, 0.15) is 5.82 Å². The number of benzene rings is 1. The van der Waals surface area contributed by atoms with E-state index in [9.17, 15) is 9.18 Å². The maximum atomic E-state index is 14.1. The van der Waals surface area contributed by atoms with Gasteiger partial charge in [-0.05, 0) is 47.5 Å². The largest absolute Gasteiger partial charge is 0.462 e. The average molecular weight is 330 g/mol. The summed E-state index contributed by atoms with van der Waals surface area (Å²) < 4.78 is 19.2. The van der Waals surface area contributed by atoms with Crippen LogP contribution in [-0.4, -0.2) is 22.8 Å². The Kier molecular flexibility index (Phi) is 4.83. The Balaban J connectivity index is 1.56. The van der Waals surface area contributed by atoms with Gasteiger partial charge in [-0.3, -0.25) is 5.10 Å². The summed E-state index contributed by atoms with van der Waals surface area (Å²) >= 11 is 1.52. The van der Waals surface area contributed by atoms with Crippen molar-refractivity contribution in [3.05, 3.63) is 65.0 Å². The zero-order chi connectivity index (χ0) is 16.1. The van der Waals surface area contributed by atoms with Crippen molar-refractivity contribution in [3.63, 3.8) is 0 Å². The molecule has 1 N–H and O–H groups in total. The fourth-order valence-electron chi connectivity index (χ4n) is 2.21. The maximum absolute atomic E-state index is 14.1. The van der Waals surface area contributed by atoms with Gasteiger partial charge >= 0.3 is 5.97 Å². The fraction of sp³-hybridized carbons (Fsp3) is 0.176. The van der Waals surface area contributed by atoms with Crippen LogP contribution in [0.1, 0.15) is 22.3 Å². The van der Waals surface area contributed by atoms with Crippen LogP contribution in [0.2, 0.25) is 0 Å². The number of nitrogens with one attached hydrogen (secondary N) is 1. The number of nitrogens with zero attached hydrogens (tertiary/aromatic N) is 1. The normalized spacial score (nSPS) is 10.7. The lowest BCUT2D eigenvalue weighted by molar-refractivity contribution is 0.0495. The van der Waals surface area contributed by atoms with Crippen molar-refractivity contribution in [1.29, 1.82) is 0 Å². The molecule has 0 fully saturated rings. The number of carbonyl (C=O) groups excluding carboxylic acids is 1. The number of hydrogen-bond donors (Lipinski definition) is 1. The van der Waals surface area contributed by atoms with Crippen LogP contribution >= 0.6 is 11.3 Å². The van der Waals surface area contributed by atoms with Crippen LogP contribution < -0.4 is 0 Å². The number of H-pyrrole nitrogens is 1. The van der Waals surface area contributed by atoms with Crippen molar-refractivity contribution < 1.29 is 13.9 Å². The molecule has 6 heteroatoms. The molecule has 0 aliphatic heterocycles. The number of thiophene rings is 1. The Morgan fingerprint density at radius 2 is 2.26 bits per heavy atom. The van der Waals surface area contributed by atoms with Crippen LogP contribution in [0, 0.1) is 5.82 Å². The minimum absolute atomic E-state index is 0.0337. The summed E-state index contributed by atoms with van der Waals surface area (Å²) in [5.74, 6) is -1.19. The highest BCUT2D eigenvalue weighted by atomic mass is 32.1. The van der Waals surface area contributed by atoms with Crippen molar-refractivity contribution in [2.75, 3.05) is 6.61 Å². The minimum atomic E-state index is -0.632. The first-order valence-corrected chi connectivity index (χ1v) is 8.10. The number of rotatable bonds is 6. The van der Waals surface area contributed by atoms with E-state index in [-0.39, 0.29) is 12.2 Å². The molecule has 2 aromatic heterocycles. The Labute approximate surface area is 136 Å². The lowest BCUT2D eigenvalue weighted by Crippen LogP contribution is -2.09. The molecule has 1 aromatic carbocycles. The fourth-order valence-corrected chi connectivity index (χ4v) is 2.93. The van der Waals surface area contributed by atoms with Crippen LogP contribution in [0.5, 0.6) is 0 Å². The van der Waals surface area contributed by atoms with Gasteiger partial charge in [0.05, 0.1) is 18.4 Å². The molecule has 3 rings (SSSR count). The van der Waals surface area contributed by atoms with E-state index in [1.165, 1.54) is 23.5 Å². The van der Waals surface area contributed by atoms with E-state index in [0.29, 0.717) is 6.42 Å². The molecule has 0 amide bonds. The second kappa shape index (κ2) is 7.19. The quantitative estimate of drug-likeness (QED) is 0.547. The Hall–Kier alpha value is -2.47. The lowest BCUT2D eigenvalue weighted by atomic mass is 10.1. The molecule has 0 unspecified atom stereocenters. The number of hydrogen-bond acceptors (Lipinski definition) is 4. The summed E-state index contributed by atoms with van der Waals surface area (Å²) in [5.41, 5.74) is 1.77. The van der Waals surface area contributed by atoms with E-state index < -0.39 is 11.8 Å². The van der Waals surface area contributed by atoms with Gasteiger partial charge in [-0.25, -0.2) is 9.18 Å². The van der Waals surface area contributed by atoms with Crippen LogP contribution in [0.3, 0.4) is 0 Å². The number of carbonyl (C=O) groups is 1. The number of aromatic amines is 1. The smallest absolute Gasteiger partial charge is 0.341 e. The first-order valence-electron chi connectivity index (χ1n) is 7.22. The zero-order valence-corrected chi connectivity index (χ0v) is 13.1. The SMILES string of the molecule is O=C(OCCCc1cn[nH]c1)c1ccc(-c2cccs2)cc1F. The highest BCUT2D eigenvalue weighted by Gasteiger charge is 2.14. The van der Waals surface area contributed by atoms with Crippen LogP contribution in [0.15, 0.2) is 48.1 Å². The number of esters is 1. The van der Waals surface area contributed by atoms with E-state index in [1.54, 1.807) is 18.5 Å². The highest BCUT2D eigenvalue weighted by Crippen LogP contribution is 2.26. The Morgan fingerprint density at radius 1 is 1.35 bits per heavy atom. The molecule has 2 heterocycles. The molecule has 23 heavy (non-hydrogen) atoms. The molecule has 4 nitrogen and oxygen atoms in total. The van der Waals surface area contributed by atoms with Crippen molar-refractivity contribution in [3.8, 4) is 10.4 Å². The van der Waals surface area contributed by atoms with E-state index in [4.69, 9.17) is 4.74 Å². The monoisotopic (exact) mass is 330 g/mol. The molecule has 0 radical (unpaired) electrons. The molecular formula is C17H15FN2O2S. The van der Waals surface area contributed by atoms with Gasteiger partial charge < -0.3 is 4.74 Å². The Morgan fingerprint density at radius 3 is 2.96 bits per heavy atom. The van der Waals surface area contributed by atoms with Crippen molar-refractivity contribution in [2.24, 2.45) is 0 Å². The van der Waals surface area contributed by atoms with Crippen molar-refractivity contribution in [2.45, 2.75) is 12.8 Å². The molecule has 0 spiro atoms. The zero-order valence-electron chi connectivity index (χ0n) is 12.3. The van der Waals surface area contributed by atoms with Gasteiger partial charge in [0.25, 0.3) is 0 Å². The molecule has 3 aromatic rings. The second-order valence-corrected chi connectivity index (χ2v) is 5.97. The summed E-state index contributed by atoms with van der Waals surface area (Å²) in [6, 6.07) is 8.39. The lowest BCUT2D eigenvalue weighted by Gasteiger charge is -2.06. The molecule has 118 valence electrons. The van der Waals surface area contributed by atoms with Gasteiger partial charge in [0, 0.05) is 11.1 Å². The number of aromatic nitrogens is 2. The number of aryl methyl sites for hydroxylation is 1. The number of halogens is 1. The maximum Gasteiger partial charge on any atom is 0.341 e. The first-order chi connectivity index (χ1) is 11.2. The molecule has 0 atom stereocenters. The van der Waals surface area contributed by atoms with Crippen molar-refractivity contribution in [1.82, 2.24) is 10.2 Å². The molecule has 0 aliphatic rings. The minimum Gasteiger partial charge on any atom is -0.462 e. The Bertz CT molecular complexity index is 770. The third-order valence-electron chi connectivity index (χ3n) is 3.39. The van der Waals surface area contributed by atoms with E-state index in [0.717, 1.165) is 22.4 Å². The van der Waals surface area contributed by atoms with Gasteiger partial charge in [-0.15, -0.1) is 11.3 Å². The van der Waals surface area contributed by atoms with E-state index in [2.05, 4.69) is 10.2 Å². The molecule has 0 saturated heterocycles.